The van der Waals surface area contributed by atoms with Crippen LogP contribution < -0.4 is 28.2 Å². The third-order valence-electron chi connectivity index (χ3n) is 4.94. The van der Waals surface area contributed by atoms with Crippen LogP contribution in [0.25, 0.3) is 10.9 Å². The number of H-pyrrole nitrogens is 1. The summed E-state index contributed by atoms with van der Waals surface area (Å²) in [5.41, 5.74) is 2.05. The normalized spacial score (nSPS) is 19.0. The zero-order chi connectivity index (χ0) is 17.1. The van der Waals surface area contributed by atoms with Crippen molar-refractivity contribution in [1.82, 2.24) is 9.97 Å². The van der Waals surface area contributed by atoms with Crippen molar-refractivity contribution in [2.75, 3.05) is 18.4 Å². The zero-order valence-corrected chi connectivity index (χ0v) is 15.8. The van der Waals surface area contributed by atoms with Gasteiger partial charge in [0.15, 0.2) is 0 Å². The molecule has 27 heavy (non-hydrogen) atoms. The van der Waals surface area contributed by atoms with Crippen molar-refractivity contribution >= 4 is 16.9 Å². The van der Waals surface area contributed by atoms with Crippen LogP contribution >= 0.6 is 0 Å². The number of nitrogens with one attached hydrogen (secondary N) is 3. The molecule has 0 amide bonds. The molecule has 0 spiro atoms. The predicted molar refractivity (Wildman–Crippen MR) is 103 cm³/mol. The average Bonchev–Trinajstić information content (AvgIpc) is 2.64. The Hall–Kier alpha value is -2.41. The number of para-hydroxylation sites is 1. The molecule has 144 valence electrons. The van der Waals surface area contributed by atoms with E-state index < -0.39 is 0 Å². The van der Waals surface area contributed by atoms with E-state index in [1.54, 1.807) is 11.0 Å². The molecule has 1 saturated heterocycles. The summed E-state index contributed by atoms with van der Waals surface area (Å²) in [7, 11) is 0. The highest BCUT2D eigenvalue weighted by molar-refractivity contribution is 5.78. The molecule has 0 saturated carbocycles. The van der Waals surface area contributed by atoms with Crippen LogP contribution in [0.4, 0.5) is 5.95 Å². The molecule has 5 N–H and O–H groups in total. The van der Waals surface area contributed by atoms with Crippen LogP contribution in [-0.2, 0) is 6.54 Å². The number of nitrogens with zero attached hydrogens (tertiary/aromatic N) is 1. The molecule has 0 radical (unpaired) electrons. The lowest BCUT2D eigenvalue weighted by Gasteiger charge is -2.30. The molecule has 1 aliphatic rings. The fourth-order valence-electron chi connectivity index (χ4n) is 3.58. The summed E-state index contributed by atoms with van der Waals surface area (Å²) >= 11 is 0. The van der Waals surface area contributed by atoms with E-state index in [0.29, 0.717) is 17.4 Å². The zero-order valence-electron chi connectivity index (χ0n) is 15.0. The van der Waals surface area contributed by atoms with Gasteiger partial charge in [-0.2, -0.15) is 0 Å². The first-order valence-corrected chi connectivity index (χ1v) is 8.91. The van der Waals surface area contributed by atoms with Crippen LogP contribution in [0.1, 0.15) is 18.4 Å². The summed E-state index contributed by atoms with van der Waals surface area (Å²) in [5, 5.41) is 4.05. The Kier molecular flexibility index (Phi) is 7.36. The minimum atomic E-state index is -0.0831. The summed E-state index contributed by atoms with van der Waals surface area (Å²) in [4.78, 5) is 21.2. The van der Waals surface area contributed by atoms with E-state index in [9.17, 15) is 4.79 Å². The number of aromatic nitrogens is 2. The van der Waals surface area contributed by atoms with Gasteiger partial charge in [-0.1, -0.05) is 42.5 Å². The van der Waals surface area contributed by atoms with E-state index in [1.165, 1.54) is 5.56 Å². The highest BCUT2D eigenvalue weighted by Gasteiger charge is 2.22. The highest BCUT2D eigenvalue weighted by atomic mass is 35.5. The van der Waals surface area contributed by atoms with Crippen molar-refractivity contribution in [3.05, 3.63) is 70.5 Å². The molecule has 0 bridgehead atoms. The fraction of sp³-hybridized carbons (Fsp3) is 0.300. The monoisotopic (exact) mass is 388 g/mol. The van der Waals surface area contributed by atoms with Gasteiger partial charge in [-0.3, -0.25) is 9.78 Å². The van der Waals surface area contributed by atoms with Gasteiger partial charge in [-0.15, -0.1) is 0 Å². The number of halogens is 1. The number of anilines is 1. The number of rotatable bonds is 4. The first kappa shape index (κ1) is 20.9. The van der Waals surface area contributed by atoms with E-state index in [2.05, 4.69) is 45.6 Å². The van der Waals surface area contributed by atoms with Crippen LogP contribution in [0.2, 0.25) is 0 Å². The van der Waals surface area contributed by atoms with Gasteiger partial charge in [-0.05, 0) is 12.1 Å². The average molecular weight is 389 g/mol. The van der Waals surface area contributed by atoms with Crippen molar-refractivity contribution in [2.45, 2.75) is 25.4 Å². The molecule has 1 aliphatic heterocycles. The van der Waals surface area contributed by atoms with Crippen LogP contribution in [0.15, 0.2) is 59.4 Å². The molecule has 0 aliphatic carbocycles. The van der Waals surface area contributed by atoms with Gasteiger partial charge in [0, 0.05) is 24.4 Å². The van der Waals surface area contributed by atoms with E-state index in [-0.39, 0.29) is 23.4 Å². The minimum Gasteiger partial charge on any atom is -1.00 e. The molecule has 1 aromatic heterocycles. The van der Waals surface area contributed by atoms with Crippen molar-refractivity contribution < 1.29 is 22.8 Å². The lowest BCUT2D eigenvalue weighted by atomic mass is 10.0. The molecule has 7 heteroatoms. The lowest BCUT2D eigenvalue weighted by Crippen LogP contribution is -3.12. The first-order chi connectivity index (χ1) is 12.3. The van der Waals surface area contributed by atoms with Crippen LogP contribution in [0.3, 0.4) is 0 Å². The molecule has 4 rings (SSSR count). The standard InChI is InChI=1S/C20H22N4O.ClH.H2O/c25-19-17-8-4-5-9-18(17)22-20(23-19)21-16-10-12-24(13-11-16)14-15-6-2-1-3-7-15;;/h1-9,16H,10-14H2,(H2,21,22,23,25);1H;1H2. The fourth-order valence-corrected chi connectivity index (χ4v) is 3.58. The maximum absolute atomic E-state index is 12.2. The van der Waals surface area contributed by atoms with Crippen LogP contribution in [0, 0.1) is 0 Å². The third-order valence-corrected chi connectivity index (χ3v) is 4.94. The summed E-state index contributed by atoms with van der Waals surface area (Å²) < 4.78 is 0. The Morgan fingerprint density at radius 3 is 2.44 bits per heavy atom. The number of hydrogen-bond acceptors (Lipinski definition) is 3. The SMILES string of the molecule is O.O=c1[nH]c(NC2CC[NH+](Cc3ccccc3)CC2)nc2ccccc12.[Cl-]. The van der Waals surface area contributed by atoms with Gasteiger partial charge in [0.25, 0.3) is 5.56 Å². The van der Waals surface area contributed by atoms with Crippen LogP contribution in [0.5, 0.6) is 0 Å². The molecular weight excluding hydrogens is 364 g/mol. The summed E-state index contributed by atoms with van der Waals surface area (Å²) in [6, 6.07) is 18.5. The maximum atomic E-state index is 12.2. The largest absolute Gasteiger partial charge is 1.00 e. The quantitative estimate of drug-likeness (QED) is 0.472. The number of aromatic amines is 1. The summed E-state index contributed by atoms with van der Waals surface area (Å²) in [6.07, 6.45) is 2.16. The smallest absolute Gasteiger partial charge is 0.260 e. The Labute approximate surface area is 164 Å². The molecule has 0 unspecified atom stereocenters. The number of hydrogen-bond donors (Lipinski definition) is 3. The second kappa shape index (κ2) is 9.50. The summed E-state index contributed by atoms with van der Waals surface area (Å²) in [6.45, 7) is 3.34. The minimum absolute atomic E-state index is 0. The molecule has 1 fully saturated rings. The maximum Gasteiger partial charge on any atom is 0.260 e. The second-order valence-corrected chi connectivity index (χ2v) is 6.76. The number of piperidine rings is 1. The first-order valence-electron chi connectivity index (χ1n) is 8.91. The Morgan fingerprint density at radius 2 is 1.70 bits per heavy atom. The van der Waals surface area contributed by atoms with E-state index >= 15 is 0 Å². The predicted octanol–water partition coefficient (Wildman–Crippen LogP) is -2.24. The lowest BCUT2D eigenvalue weighted by molar-refractivity contribution is -0.918. The Morgan fingerprint density at radius 1 is 1.04 bits per heavy atom. The van der Waals surface area contributed by atoms with Crippen molar-refractivity contribution in [3.63, 3.8) is 0 Å². The van der Waals surface area contributed by atoms with E-state index in [0.717, 1.165) is 38.0 Å². The van der Waals surface area contributed by atoms with Crippen LogP contribution in [-0.4, -0.2) is 34.6 Å². The van der Waals surface area contributed by atoms with Gasteiger partial charge < -0.3 is 28.1 Å². The number of likely N-dealkylation sites (tertiary alicyclic amines) is 1. The summed E-state index contributed by atoms with van der Waals surface area (Å²) in [5.74, 6) is 0.584. The van der Waals surface area contributed by atoms with Gasteiger partial charge in [0.1, 0.15) is 6.54 Å². The molecule has 6 nitrogen and oxygen atoms in total. The van der Waals surface area contributed by atoms with Gasteiger partial charge in [0.2, 0.25) is 5.95 Å². The van der Waals surface area contributed by atoms with Crippen molar-refractivity contribution in [3.8, 4) is 0 Å². The molecule has 0 atom stereocenters. The highest BCUT2D eigenvalue weighted by Crippen LogP contribution is 2.11. The Bertz CT molecular complexity index is 909. The van der Waals surface area contributed by atoms with Gasteiger partial charge in [-0.25, -0.2) is 4.98 Å². The van der Waals surface area contributed by atoms with Crippen molar-refractivity contribution in [1.29, 1.82) is 0 Å². The van der Waals surface area contributed by atoms with Gasteiger partial charge in [0.05, 0.1) is 24.0 Å². The topological polar surface area (TPSA) is 93.7 Å². The molecular formula is C20H25ClN4O2. The van der Waals surface area contributed by atoms with E-state index in [1.807, 2.05) is 18.2 Å². The number of quaternary nitrogens is 1. The van der Waals surface area contributed by atoms with Crippen molar-refractivity contribution in [2.24, 2.45) is 0 Å². The molecule has 3 aromatic rings. The second-order valence-electron chi connectivity index (χ2n) is 6.76. The molecule has 2 aromatic carbocycles. The Balaban J connectivity index is 0.00000131. The van der Waals surface area contributed by atoms with Gasteiger partial charge >= 0.3 is 0 Å². The molecule has 2 heterocycles. The number of fused-ring (bicyclic) bond motifs is 1. The number of benzene rings is 2. The third kappa shape index (κ3) is 5.07. The van der Waals surface area contributed by atoms with E-state index in [4.69, 9.17) is 0 Å².